The Kier molecular flexibility index (Phi) is 4.93. The normalized spacial score (nSPS) is 14.8. The van der Waals surface area contributed by atoms with Crippen LogP contribution >= 0.6 is 0 Å². The van der Waals surface area contributed by atoms with Crippen molar-refractivity contribution in [2.24, 2.45) is 0 Å². The molecule has 0 aliphatic heterocycles. The van der Waals surface area contributed by atoms with Crippen molar-refractivity contribution < 1.29 is 9.59 Å². The molecule has 2 rings (SSSR count). The first-order valence-corrected chi connectivity index (χ1v) is 7.09. The van der Waals surface area contributed by atoms with Gasteiger partial charge in [-0.05, 0) is 44.7 Å². The van der Waals surface area contributed by atoms with E-state index >= 15 is 0 Å². The monoisotopic (exact) mass is 272 g/mol. The molecule has 0 saturated heterocycles. The van der Waals surface area contributed by atoms with Gasteiger partial charge in [0, 0.05) is 23.4 Å². The van der Waals surface area contributed by atoms with Crippen LogP contribution in [-0.4, -0.2) is 18.4 Å². The Morgan fingerprint density at radius 2 is 1.60 bits per heavy atom. The van der Waals surface area contributed by atoms with Gasteiger partial charge in [0.1, 0.15) is 0 Å². The second-order valence-corrected chi connectivity index (χ2v) is 4.84. The van der Waals surface area contributed by atoms with E-state index in [4.69, 9.17) is 0 Å². The quantitative estimate of drug-likeness (QED) is 0.885. The number of anilines is 1. The fourth-order valence-electron chi connectivity index (χ4n) is 2.40. The predicted molar refractivity (Wildman–Crippen MR) is 79.2 cm³/mol. The molecule has 0 saturated carbocycles. The van der Waals surface area contributed by atoms with Gasteiger partial charge in [0.15, 0.2) is 0 Å². The Morgan fingerprint density at radius 3 is 2.20 bits per heavy atom. The molecule has 0 fully saturated rings. The van der Waals surface area contributed by atoms with E-state index in [9.17, 15) is 9.59 Å². The molecule has 20 heavy (non-hydrogen) atoms. The molecular weight excluding hydrogens is 252 g/mol. The number of likely N-dealkylation sites (N-methyl/N-ethyl adjacent to an activating group) is 1. The van der Waals surface area contributed by atoms with Crippen LogP contribution in [0, 0.1) is 0 Å². The maximum atomic E-state index is 12.3. The van der Waals surface area contributed by atoms with Crippen molar-refractivity contribution in [2.75, 3.05) is 11.9 Å². The highest BCUT2D eigenvalue weighted by atomic mass is 16.2. The maximum Gasteiger partial charge on any atom is 0.252 e. The molecule has 1 aliphatic carbocycles. The number of carbonyl (C=O) groups is 2. The largest absolute Gasteiger partial charge is 0.353 e. The van der Waals surface area contributed by atoms with Gasteiger partial charge in [0.25, 0.3) is 5.91 Å². The Bertz CT molecular complexity index is 521. The number of hydrogen-bond donors (Lipinski definition) is 2. The summed E-state index contributed by atoms with van der Waals surface area (Å²) in [5, 5.41) is 5.65. The van der Waals surface area contributed by atoms with Gasteiger partial charge in [-0.15, -0.1) is 0 Å². The minimum atomic E-state index is -0.155. The number of amides is 2. The van der Waals surface area contributed by atoms with Crippen LogP contribution in [0.2, 0.25) is 0 Å². The zero-order chi connectivity index (χ0) is 14.4. The Morgan fingerprint density at radius 1 is 1.00 bits per heavy atom. The van der Waals surface area contributed by atoms with Crippen LogP contribution in [0.15, 0.2) is 41.5 Å². The minimum Gasteiger partial charge on any atom is -0.353 e. The van der Waals surface area contributed by atoms with Crippen molar-refractivity contribution >= 4 is 17.5 Å². The van der Waals surface area contributed by atoms with E-state index in [1.165, 1.54) is 0 Å². The van der Waals surface area contributed by atoms with Crippen molar-refractivity contribution in [2.45, 2.75) is 32.6 Å². The summed E-state index contributed by atoms with van der Waals surface area (Å²) in [4.78, 5) is 24.4. The molecule has 0 unspecified atom stereocenters. The van der Waals surface area contributed by atoms with Gasteiger partial charge in [-0.3, -0.25) is 9.59 Å². The highest BCUT2D eigenvalue weighted by molar-refractivity contribution is 6.10. The van der Waals surface area contributed by atoms with Gasteiger partial charge < -0.3 is 10.6 Å². The van der Waals surface area contributed by atoms with E-state index in [2.05, 4.69) is 10.6 Å². The van der Waals surface area contributed by atoms with Gasteiger partial charge in [-0.2, -0.15) is 0 Å². The predicted octanol–water partition coefficient (Wildman–Crippen LogP) is 2.63. The maximum absolute atomic E-state index is 12.3. The van der Waals surface area contributed by atoms with E-state index in [0.29, 0.717) is 30.5 Å². The third-order valence-corrected chi connectivity index (χ3v) is 3.38. The molecule has 0 atom stereocenters. The van der Waals surface area contributed by atoms with Crippen LogP contribution in [0.1, 0.15) is 32.6 Å². The van der Waals surface area contributed by atoms with Crippen molar-refractivity contribution in [3.05, 3.63) is 41.5 Å². The summed E-state index contributed by atoms with van der Waals surface area (Å²) in [5.41, 5.74) is 2.03. The molecule has 1 aliphatic rings. The average molecular weight is 272 g/mol. The summed E-state index contributed by atoms with van der Waals surface area (Å²) in [6.45, 7) is 2.46. The van der Waals surface area contributed by atoms with Crippen LogP contribution in [0.4, 0.5) is 5.69 Å². The Balaban J connectivity index is 2.18. The second-order valence-electron chi connectivity index (χ2n) is 4.84. The lowest BCUT2D eigenvalue weighted by atomic mass is 9.90. The van der Waals surface area contributed by atoms with E-state index < -0.39 is 0 Å². The molecule has 0 radical (unpaired) electrons. The highest BCUT2D eigenvalue weighted by Crippen LogP contribution is 2.26. The van der Waals surface area contributed by atoms with Crippen LogP contribution < -0.4 is 10.6 Å². The molecular formula is C16H20N2O2. The van der Waals surface area contributed by atoms with E-state index in [1.807, 2.05) is 37.3 Å². The molecule has 0 heterocycles. The lowest BCUT2D eigenvalue weighted by molar-refractivity contribution is -0.119. The van der Waals surface area contributed by atoms with E-state index in [1.54, 1.807) is 0 Å². The number of carbonyl (C=O) groups excluding carboxylic acids is 2. The van der Waals surface area contributed by atoms with Crippen LogP contribution in [0.5, 0.6) is 0 Å². The molecule has 0 aromatic heterocycles. The summed E-state index contributed by atoms with van der Waals surface area (Å²) >= 11 is 0. The van der Waals surface area contributed by atoms with Crippen LogP contribution in [0.25, 0.3) is 0 Å². The van der Waals surface area contributed by atoms with Gasteiger partial charge in [-0.1, -0.05) is 18.2 Å². The standard InChI is InChI=1S/C16H20N2O2/c1-2-17-15(19)13-10-6-7-11-14(13)16(20)18-12-8-4-3-5-9-12/h3-5,8-9H,2,6-7,10-11H2,1H3,(H,17,19)(H,18,20). The number of benzene rings is 1. The van der Waals surface area contributed by atoms with E-state index in [0.717, 1.165) is 18.5 Å². The molecule has 2 amide bonds. The van der Waals surface area contributed by atoms with Gasteiger partial charge in [-0.25, -0.2) is 0 Å². The van der Waals surface area contributed by atoms with Crippen molar-refractivity contribution in [1.29, 1.82) is 0 Å². The molecule has 1 aromatic carbocycles. The summed E-state index contributed by atoms with van der Waals surface area (Å²) in [7, 11) is 0. The molecule has 0 bridgehead atoms. The number of nitrogens with one attached hydrogen (secondary N) is 2. The summed E-state index contributed by atoms with van der Waals surface area (Å²) in [6, 6.07) is 9.32. The first-order valence-electron chi connectivity index (χ1n) is 7.09. The Labute approximate surface area is 119 Å². The summed E-state index contributed by atoms with van der Waals surface area (Å²) < 4.78 is 0. The van der Waals surface area contributed by atoms with Gasteiger partial charge in [0.2, 0.25) is 5.91 Å². The minimum absolute atomic E-state index is 0.106. The molecule has 2 N–H and O–H groups in total. The first kappa shape index (κ1) is 14.3. The average Bonchev–Trinajstić information content (AvgIpc) is 2.48. The number of hydrogen-bond acceptors (Lipinski definition) is 2. The second kappa shape index (κ2) is 6.89. The third kappa shape index (κ3) is 3.47. The lowest BCUT2D eigenvalue weighted by Crippen LogP contribution is -2.29. The van der Waals surface area contributed by atoms with Crippen molar-refractivity contribution in [3.8, 4) is 0 Å². The highest BCUT2D eigenvalue weighted by Gasteiger charge is 2.23. The first-order chi connectivity index (χ1) is 9.72. The fraction of sp³-hybridized carbons (Fsp3) is 0.375. The van der Waals surface area contributed by atoms with Gasteiger partial charge >= 0.3 is 0 Å². The summed E-state index contributed by atoms with van der Waals surface area (Å²) in [6.07, 6.45) is 3.28. The summed E-state index contributed by atoms with van der Waals surface area (Å²) in [5.74, 6) is -0.262. The molecule has 106 valence electrons. The molecule has 4 nitrogen and oxygen atoms in total. The number of para-hydroxylation sites is 1. The van der Waals surface area contributed by atoms with Crippen molar-refractivity contribution in [3.63, 3.8) is 0 Å². The smallest absolute Gasteiger partial charge is 0.252 e. The molecule has 1 aromatic rings. The lowest BCUT2D eigenvalue weighted by Gasteiger charge is -2.19. The topological polar surface area (TPSA) is 58.2 Å². The van der Waals surface area contributed by atoms with Crippen LogP contribution in [0.3, 0.4) is 0 Å². The molecule has 4 heteroatoms. The number of rotatable bonds is 4. The zero-order valence-electron chi connectivity index (χ0n) is 11.7. The van der Waals surface area contributed by atoms with Crippen molar-refractivity contribution in [1.82, 2.24) is 5.32 Å². The SMILES string of the molecule is CCNC(=O)C1=C(C(=O)Nc2ccccc2)CCCC1. The van der Waals surface area contributed by atoms with Crippen LogP contribution in [-0.2, 0) is 9.59 Å². The Hall–Kier alpha value is -2.10. The van der Waals surface area contributed by atoms with Gasteiger partial charge in [0.05, 0.1) is 0 Å². The zero-order valence-corrected chi connectivity index (χ0v) is 11.7. The molecule has 0 spiro atoms. The third-order valence-electron chi connectivity index (χ3n) is 3.38. The van der Waals surface area contributed by atoms with E-state index in [-0.39, 0.29) is 11.8 Å². The fourth-order valence-corrected chi connectivity index (χ4v) is 2.40.